The fourth-order valence-corrected chi connectivity index (χ4v) is 4.79. The highest BCUT2D eigenvalue weighted by Gasteiger charge is 2.27. The smallest absolute Gasteiger partial charge is 0.315 e. The van der Waals surface area contributed by atoms with Crippen LogP contribution in [0.3, 0.4) is 0 Å². The summed E-state index contributed by atoms with van der Waals surface area (Å²) in [7, 11) is 0. The van der Waals surface area contributed by atoms with Gasteiger partial charge in [0.25, 0.3) is 0 Å². The second-order valence-electron chi connectivity index (χ2n) is 9.18. The Hall–Kier alpha value is -1.46. The summed E-state index contributed by atoms with van der Waals surface area (Å²) >= 11 is 0. The lowest BCUT2D eigenvalue weighted by Gasteiger charge is -2.34. The van der Waals surface area contributed by atoms with Gasteiger partial charge in [0.2, 0.25) is 0 Å². The van der Waals surface area contributed by atoms with Crippen molar-refractivity contribution in [1.82, 2.24) is 21.3 Å². The maximum absolute atomic E-state index is 11.9. The van der Waals surface area contributed by atoms with Crippen LogP contribution in [0.25, 0.3) is 0 Å². The molecule has 168 valence electrons. The van der Waals surface area contributed by atoms with Crippen molar-refractivity contribution in [3.8, 4) is 0 Å². The van der Waals surface area contributed by atoms with E-state index in [2.05, 4.69) is 35.1 Å². The van der Waals surface area contributed by atoms with E-state index < -0.39 is 0 Å². The second-order valence-corrected chi connectivity index (χ2v) is 9.18. The van der Waals surface area contributed by atoms with Crippen LogP contribution in [-0.2, 0) is 0 Å². The number of rotatable bonds is 10. The number of hydrogen-bond donors (Lipinski definition) is 4. The van der Waals surface area contributed by atoms with Crippen LogP contribution in [0.15, 0.2) is 0 Å². The minimum Gasteiger partial charge on any atom is -0.338 e. The highest BCUT2D eigenvalue weighted by atomic mass is 16.2. The molecule has 0 aromatic rings. The summed E-state index contributed by atoms with van der Waals surface area (Å²) in [6, 6.07) is 0.705. The van der Waals surface area contributed by atoms with Gasteiger partial charge in [0, 0.05) is 25.2 Å². The molecule has 2 fully saturated rings. The summed E-state index contributed by atoms with van der Waals surface area (Å²) in [5.41, 5.74) is 0. The SMILES string of the molecule is CCCCNC(=O)NC1CCC(CC2CCC(NC(=O)NCCCC)CC2)CC1. The molecule has 2 rings (SSSR count). The fraction of sp³-hybridized carbons (Fsp3) is 0.913. The zero-order valence-corrected chi connectivity index (χ0v) is 18.7. The van der Waals surface area contributed by atoms with Gasteiger partial charge in [-0.15, -0.1) is 0 Å². The standard InChI is InChI=1S/C23H44N4O2/c1-3-5-15-24-22(28)26-20-11-7-18(8-12-20)17-19-9-13-21(14-10-19)27-23(29)25-16-6-4-2/h18-21H,3-17H2,1-2H3,(H2,24,26,28)(H2,25,27,29). The molecule has 0 aromatic carbocycles. The van der Waals surface area contributed by atoms with Gasteiger partial charge in [-0.1, -0.05) is 26.7 Å². The third kappa shape index (κ3) is 9.72. The number of carbonyl (C=O) groups is 2. The van der Waals surface area contributed by atoms with Crippen LogP contribution < -0.4 is 21.3 Å². The van der Waals surface area contributed by atoms with Crippen LogP contribution in [0, 0.1) is 11.8 Å². The summed E-state index contributed by atoms with van der Waals surface area (Å²) in [6.07, 6.45) is 15.0. The lowest BCUT2D eigenvalue weighted by Crippen LogP contribution is -2.44. The summed E-state index contributed by atoms with van der Waals surface area (Å²) in [5, 5.41) is 12.2. The van der Waals surface area contributed by atoms with E-state index in [1.807, 2.05) is 0 Å². The topological polar surface area (TPSA) is 82.3 Å². The first-order valence-corrected chi connectivity index (χ1v) is 12.2. The quantitative estimate of drug-likeness (QED) is 0.395. The van der Waals surface area contributed by atoms with E-state index in [4.69, 9.17) is 0 Å². The molecule has 4 N–H and O–H groups in total. The van der Waals surface area contributed by atoms with E-state index in [1.165, 1.54) is 32.1 Å². The van der Waals surface area contributed by atoms with Gasteiger partial charge in [0.05, 0.1) is 0 Å². The number of nitrogens with one attached hydrogen (secondary N) is 4. The minimum atomic E-state index is 0.00598. The zero-order chi connectivity index (χ0) is 20.9. The predicted molar refractivity (Wildman–Crippen MR) is 119 cm³/mol. The summed E-state index contributed by atoms with van der Waals surface area (Å²) < 4.78 is 0. The Labute approximate surface area is 177 Å². The van der Waals surface area contributed by atoms with E-state index in [9.17, 15) is 9.59 Å². The molecular formula is C23H44N4O2. The lowest BCUT2D eigenvalue weighted by molar-refractivity contribution is 0.198. The Balaban J connectivity index is 1.55. The number of urea groups is 2. The van der Waals surface area contributed by atoms with Crippen molar-refractivity contribution in [2.75, 3.05) is 13.1 Å². The van der Waals surface area contributed by atoms with E-state index in [0.29, 0.717) is 12.1 Å². The molecule has 4 amide bonds. The first-order chi connectivity index (χ1) is 14.1. The van der Waals surface area contributed by atoms with Gasteiger partial charge in [-0.2, -0.15) is 0 Å². The molecule has 0 heterocycles. The molecular weight excluding hydrogens is 364 g/mol. The maximum Gasteiger partial charge on any atom is 0.315 e. The average molecular weight is 409 g/mol. The lowest BCUT2D eigenvalue weighted by atomic mass is 9.75. The van der Waals surface area contributed by atoms with E-state index in [1.54, 1.807) is 0 Å². The van der Waals surface area contributed by atoms with Crippen molar-refractivity contribution in [1.29, 1.82) is 0 Å². The van der Waals surface area contributed by atoms with E-state index in [-0.39, 0.29) is 12.1 Å². The van der Waals surface area contributed by atoms with Crippen molar-refractivity contribution in [2.24, 2.45) is 11.8 Å². The molecule has 0 atom stereocenters. The predicted octanol–water partition coefficient (Wildman–Crippen LogP) is 4.69. The van der Waals surface area contributed by atoms with Gasteiger partial charge in [0.1, 0.15) is 0 Å². The Morgan fingerprint density at radius 1 is 0.655 bits per heavy atom. The Morgan fingerprint density at radius 3 is 1.38 bits per heavy atom. The first kappa shape index (κ1) is 23.8. The van der Waals surface area contributed by atoms with Gasteiger partial charge in [0.15, 0.2) is 0 Å². The molecule has 0 unspecified atom stereocenters. The second kappa shape index (κ2) is 13.7. The van der Waals surface area contributed by atoms with Crippen LogP contribution in [0.1, 0.15) is 97.3 Å². The van der Waals surface area contributed by atoms with Crippen molar-refractivity contribution in [3.05, 3.63) is 0 Å². The highest BCUT2D eigenvalue weighted by molar-refractivity contribution is 5.74. The summed E-state index contributed by atoms with van der Waals surface area (Å²) in [6.45, 7) is 5.82. The van der Waals surface area contributed by atoms with Crippen LogP contribution >= 0.6 is 0 Å². The number of carbonyl (C=O) groups excluding carboxylic acids is 2. The number of hydrogen-bond acceptors (Lipinski definition) is 2. The Bertz CT molecular complexity index is 427. The average Bonchev–Trinajstić information content (AvgIpc) is 2.71. The van der Waals surface area contributed by atoms with Crippen LogP contribution in [0.5, 0.6) is 0 Å². The molecule has 6 nitrogen and oxygen atoms in total. The molecule has 6 heteroatoms. The summed E-state index contributed by atoms with van der Waals surface area (Å²) in [5.74, 6) is 1.62. The molecule has 29 heavy (non-hydrogen) atoms. The molecule has 0 spiro atoms. The molecule has 0 aromatic heterocycles. The van der Waals surface area contributed by atoms with Gasteiger partial charge >= 0.3 is 12.1 Å². The van der Waals surface area contributed by atoms with E-state index >= 15 is 0 Å². The van der Waals surface area contributed by atoms with Crippen molar-refractivity contribution in [2.45, 2.75) is 109 Å². The zero-order valence-electron chi connectivity index (χ0n) is 18.7. The fourth-order valence-electron chi connectivity index (χ4n) is 4.79. The number of unbranched alkanes of at least 4 members (excludes halogenated alkanes) is 2. The van der Waals surface area contributed by atoms with Crippen molar-refractivity contribution < 1.29 is 9.59 Å². The Kier molecular flexibility index (Phi) is 11.3. The number of amides is 4. The largest absolute Gasteiger partial charge is 0.338 e. The third-order valence-electron chi connectivity index (χ3n) is 6.66. The van der Waals surface area contributed by atoms with Gasteiger partial charge in [-0.3, -0.25) is 0 Å². The normalized spacial score (nSPS) is 27.1. The molecule has 2 aliphatic rings. The van der Waals surface area contributed by atoms with Crippen molar-refractivity contribution >= 4 is 12.1 Å². The van der Waals surface area contributed by atoms with Crippen LogP contribution in [0.2, 0.25) is 0 Å². The molecule has 2 aliphatic carbocycles. The van der Waals surface area contributed by atoms with Crippen LogP contribution in [-0.4, -0.2) is 37.2 Å². The molecule has 2 saturated carbocycles. The first-order valence-electron chi connectivity index (χ1n) is 12.2. The minimum absolute atomic E-state index is 0.00598. The molecule has 0 radical (unpaired) electrons. The van der Waals surface area contributed by atoms with Gasteiger partial charge < -0.3 is 21.3 Å². The van der Waals surface area contributed by atoms with Gasteiger partial charge in [-0.05, 0) is 82.5 Å². The Morgan fingerprint density at radius 2 is 1.03 bits per heavy atom. The van der Waals surface area contributed by atoms with Gasteiger partial charge in [-0.25, -0.2) is 9.59 Å². The third-order valence-corrected chi connectivity index (χ3v) is 6.66. The molecule has 0 aliphatic heterocycles. The monoisotopic (exact) mass is 408 g/mol. The maximum atomic E-state index is 11.9. The van der Waals surface area contributed by atoms with Crippen molar-refractivity contribution in [3.63, 3.8) is 0 Å². The summed E-state index contributed by atoms with van der Waals surface area (Å²) in [4.78, 5) is 23.8. The molecule has 0 saturated heterocycles. The van der Waals surface area contributed by atoms with Crippen LogP contribution in [0.4, 0.5) is 9.59 Å². The van der Waals surface area contributed by atoms with E-state index in [0.717, 1.165) is 76.3 Å². The highest BCUT2D eigenvalue weighted by Crippen LogP contribution is 2.35. The molecule has 0 bridgehead atoms.